The second kappa shape index (κ2) is 8.23. The molecule has 6 heteroatoms. The summed E-state index contributed by atoms with van der Waals surface area (Å²) in [6.45, 7) is 2.31. The molecule has 1 aromatic carbocycles. The Morgan fingerprint density at radius 2 is 2.25 bits per heavy atom. The molecule has 1 aromatic rings. The average Bonchev–Trinajstić information content (AvgIpc) is 2.41. The lowest BCUT2D eigenvalue weighted by atomic mass is 9.94. The van der Waals surface area contributed by atoms with E-state index in [1.54, 1.807) is 12.1 Å². The molecule has 0 aliphatic carbocycles. The number of nitrogens with zero attached hydrogens (tertiary/aromatic N) is 1. The molecular weight excluding hydrogens is 363 g/mol. The van der Waals surface area contributed by atoms with E-state index in [1.165, 1.54) is 0 Å². The van der Waals surface area contributed by atoms with Crippen molar-refractivity contribution in [1.29, 1.82) is 0 Å². The molecule has 1 aliphatic heterocycles. The maximum atomic E-state index is 12.5. The first-order valence-electron chi connectivity index (χ1n) is 6.56. The second-order valence-corrected chi connectivity index (χ2v) is 6.25. The monoisotopic (exact) mass is 380 g/mol. The smallest absolute Gasteiger partial charge is 0.255 e. The summed E-state index contributed by atoms with van der Waals surface area (Å²) in [6, 6.07) is 5.31. The standard InChI is InChI=1S/C14H18BrClN2O.ClH/c15-13-4-3-11(16)8-12(13)14(19)18-7-1-2-10(9-18)5-6-17;/h3-4,8,10H,1-2,5-7,9,17H2;1H. The van der Waals surface area contributed by atoms with Crippen molar-refractivity contribution >= 4 is 45.8 Å². The highest BCUT2D eigenvalue weighted by molar-refractivity contribution is 9.10. The molecule has 0 spiro atoms. The summed E-state index contributed by atoms with van der Waals surface area (Å²) in [7, 11) is 0. The molecule has 1 amide bonds. The van der Waals surface area contributed by atoms with Crippen LogP contribution < -0.4 is 5.73 Å². The quantitative estimate of drug-likeness (QED) is 0.866. The van der Waals surface area contributed by atoms with Gasteiger partial charge in [0.15, 0.2) is 0 Å². The van der Waals surface area contributed by atoms with Crippen LogP contribution >= 0.6 is 39.9 Å². The summed E-state index contributed by atoms with van der Waals surface area (Å²) in [5, 5.41) is 0.585. The van der Waals surface area contributed by atoms with Gasteiger partial charge in [-0.2, -0.15) is 0 Å². The van der Waals surface area contributed by atoms with E-state index in [2.05, 4.69) is 15.9 Å². The van der Waals surface area contributed by atoms with Crippen molar-refractivity contribution in [2.24, 2.45) is 11.7 Å². The van der Waals surface area contributed by atoms with Gasteiger partial charge in [-0.1, -0.05) is 11.6 Å². The van der Waals surface area contributed by atoms with Crippen molar-refractivity contribution in [3.63, 3.8) is 0 Å². The summed E-state index contributed by atoms with van der Waals surface area (Å²) in [6.07, 6.45) is 3.20. The zero-order valence-corrected chi connectivity index (χ0v) is 14.3. The van der Waals surface area contributed by atoms with E-state index in [0.29, 0.717) is 23.0 Å². The van der Waals surface area contributed by atoms with Crippen LogP contribution in [0.25, 0.3) is 0 Å². The fourth-order valence-corrected chi connectivity index (χ4v) is 3.14. The maximum Gasteiger partial charge on any atom is 0.255 e. The molecule has 1 saturated heterocycles. The number of carbonyl (C=O) groups is 1. The minimum atomic E-state index is 0. The van der Waals surface area contributed by atoms with Crippen molar-refractivity contribution in [2.75, 3.05) is 19.6 Å². The van der Waals surface area contributed by atoms with Crippen LogP contribution in [0.15, 0.2) is 22.7 Å². The Hall–Kier alpha value is -0.290. The van der Waals surface area contributed by atoms with Crippen molar-refractivity contribution < 1.29 is 4.79 Å². The summed E-state index contributed by atoms with van der Waals surface area (Å²) in [5.74, 6) is 0.580. The van der Waals surface area contributed by atoms with Gasteiger partial charge in [-0.15, -0.1) is 12.4 Å². The Morgan fingerprint density at radius 1 is 1.50 bits per heavy atom. The van der Waals surface area contributed by atoms with Gasteiger partial charge in [-0.3, -0.25) is 4.79 Å². The summed E-state index contributed by atoms with van der Waals surface area (Å²) < 4.78 is 0.794. The molecule has 0 aromatic heterocycles. The van der Waals surface area contributed by atoms with Gasteiger partial charge in [-0.25, -0.2) is 0 Å². The molecule has 2 rings (SSSR count). The van der Waals surface area contributed by atoms with E-state index in [1.807, 2.05) is 11.0 Å². The number of benzene rings is 1. The van der Waals surface area contributed by atoms with Crippen molar-refractivity contribution in [1.82, 2.24) is 4.90 Å². The highest BCUT2D eigenvalue weighted by Gasteiger charge is 2.25. The number of likely N-dealkylation sites (tertiary alicyclic amines) is 1. The molecule has 2 N–H and O–H groups in total. The Balaban J connectivity index is 0.00000200. The number of nitrogens with two attached hydrogens (primary N) is 1. The number of rotatable bonds is 3. The third-order valence-electron chi connectivity index (χ3n) is 3.54. The van der Waals surface area contributed by atoms with Gasteiger partial charge >= 0.3 is 0 Å². The normalized spacial score (nSPS) is 18.6. The van der Waals surface area contributed by atoms with E-state index in [-0.39, 0.29) is 18.3 Å². The zero-order valence-electron chi connectivity index (χ0n) is 11.1. The van der Waals surface area contributed by atoms with Crippen LogP contribution in [-0.2, 0) is 0 Å². The van der Waals surface area contributed by atoms with E-state index in [0.717, 1.165) is 36.8 Å². The van der Waals surface area contributed by atoms with Crippen LogP contribution in [0, 0.1) is 5.92 Å². The largest absolute Gasteiger partial charge is 0.338 e. The van der Waals surface area contributed by atoms with Gasteiger partial charge in [0.25, 0.3) is 5.91 Å². The first kappa shape index (κ1) is 17.8. The lowest BCUT2D eigenvalue weighted by Crippen LogP contribution is -2.40. The third kappa shape index (κ3) is 4.35. The second-order valence-electron chi connectivity index (χ2n) is 4.96. The van der Waals surface area contributed by atoms with Gasteiger partial charge in [-0.05, 0) is 65.9 Å². The number of carbonyl (C=O) groups excluding carboxylic acids is 1. The SMILES string of the molecule is Cl.NCCC1CCCN(C(=O)c2cc(Cl)ccc2Br)C1. The average molecular weight is 382 g/mol. The molecule has 112 valence electrons. The molecule has 1 heterocycles. The molecule has 1 unspecified atom stereocenters. The Morgan fingerprint density at radius 3 is 2.95 bits per heavy atom. The van der Waals surface area contributed by atoms with Crippen LogP contribution in [0.5, 0.6) is 0 Å². The maximum absolute atomic E-state index is 12.5. The first-order chi connectivity index (χ1) is 9.11. The minimum absolute atomic E-state index is 0. The predicted molar refractivity (Wildman–Crippen MR) is 88.7 cm³/mol. The van der Waals surface area contributed by atoms with Crippen LogP contribution in [0.2, 0.25) is 5.02 Å². The number of hydrogen-bond donors (Lipinski definition) is 1. The van der Waals surface area contributed by atoms with E-state index < -0.39 is 0 Å². The van der Waals surface area contributed by atoms with E-state index in [4.69, 9.17) is 17.3 Å². The van der Waals surface area contributed by atoms with Crippen LogP contribution in [0.1, 0.15) is 29.6 Å². The summed E-state index contributed by atoms with van der Waals surface area (Å²) >= 11 is 9.39. The third-order valence-corrected chi connectivity index (χ3v) is 4.47. The Kier molecular flexibility index (Phi) is 7.30. The van der Waals surface area contributed by atoms with Crippen molar-refractivity contribution in [3.8, 4) is 0 Å². The lowest BCUT2D eigenvalue weighted by molar-refractivity contribution is 0.0668. The van der Waals surface area contributed by atoms with Crippen LogP contribution in [0.3, 0.4) is 0 Å². The van der Waals surface area contributed by atoms with Gasteiger partial charge in [0.1, 0.15) is 0 Å². The van der Waals surface area contributed by atoms with Gasteiger partial charge in [0, 0.05) is 22.6 Å². The fraction of sp³-hybridized carbons (Fsp3) is 0.500. The van der Waals surface area contributed by atoms with Gasteiger partial charge in [0.2, 0.25) is 0 Å². The van der Waals surface area contributed by atoms with E-state index >= 15 is 0 Å². The number of halogens is 3. The molecule has 3 nitrogen and oxygen atoms in total. The highest BCUT2D eigenvalue weighted by atomic mass is 79.9. The van der Waals surface area contributed by atoms with Crippen molar-refractivity contribution in [3.05, 3.63) is 33.3 Å². The fourth-order valence-electron chi connectivity index (χ4n) is 2.55. The molecule has 20 heavy (non-hydrogen) atoms. The van der Waals surface area contributed by atoms with Gasteiger partial charge < -0.3 is 10.6 Å². The lowest BCUT2D eigenvalue weighted by Gasteiger charge is -2.33. The zero-order chi connectivity index (χ0) is 13.8. The van der Waals surface area contributed by atoms with Crippen molar-refractivity contribution in [2.45, 2.75) is 19.3 Å². The minimum Gasteiger partial charge on any atom is -0.338 e. The van der Waals surface area contributed by atoms with E-state index in [9.17, 15) is 4.79 Å². The van der Waals surface area contributed by atoms with Gasteiger partial charge in [0.05, 0.1) is 5.56 Å². The molecule has 1 aliphatic rings. The molecule has 1 fully saturated rings. The number of hydrogen-bond acceptors (Lipinski definition) is 2. The molecular formula is C14H19BrCl2N2O. The molecule has 0 radical (unpaired) electrons. The van der Waals surface area contributed by atoms with Crippen LogP contribution in [0.4, 0.5) is 0 Å². The summed E-state index contributed by atoms with van der Waals surface area (Å²) in [4.78, 5) is 14.4. The first-order valence-corrected chi connectivity index (χ1v) is 7.73. The molecule has 0 saturated carbocycles. The summed E-state index contributed by atoms with van der Waals surface area (Å²) in [5.41, 5.74) is 6.25. The highest BCUT2D eigenvalue weighted by Crippen LogP contribution is 2.25. The Labute approximate surface area is 139 Å². The number of piperidine rings is 1. The topological polar surface area (TPSA) is 46.3 Å². The Bertz CT molecular complexity index is 468. The molecule has 1 atom stereocenters. The van der Waals surface area contributed by atoms with Crippen LogP contribution in [-0.4, -0.2) is 30.4 Å². The number of amides is 1. The predicted octanol–water partition coefficient (Wildman–Crippen LogP) is 3.73. The molecule has 0 bridgehead atoms.